The molecule has 0 aliphatic heterocycles. The maximum atomic E-state index is 11.2. The number of aryl methyl sites for hydroxylation is 1. The van der Waals surface area contributed by atoms with Gasteiger partial charge in [0.1, 0.15) is 0 Å². The zero-order valence-corrected chi connectivity index (χ0v) is 11.3. The lowest BCUT2D eigenvalue weighted by Crippen LogP contribution is -2.20. The summed E-state index contributed by atoms with van der Waals surface area (Å²) in [4.78, 5) is 17.9. The number of aliphatic hydroxyl groups is 1. The van der Waals surface area contributed by atoms with E-state index in [1.165, 1.54) is 17.8 Å². The molecular weight excluding hydrogens is 256 g/mol. The van der Waals surface area contributed by atoms with E-state index in [2.05, 4.69) is 9.97 Å². The fraction of sp³-hybridized carbons (Fsp3) is 0.636. The molecule has 102 valence electrons. The molecule has 0 radical (unpaired) electrons. The molecule has 18 heavy (non-hydrogen) atoms. The highest BCUT2D eigenvalue weighted by molar-refractivity contribution is 7.99. The van der Waals surface area contributed by atoms with Gasteiger partial charge in [0.15, 0.2) is 5.16 Å². The van der Waals surface area contributed by atoms with E-state index in [-0.39, 0.29) is 12.2 Å². The summed E-state index contributed by atoms with van der Waals surface area (Å²) in [5.74, 6) is 0.416. The van der Waals surface area contributed by atoms with Crippen LogP contribution in [-0.4, -0.2) is 53.9 Å². The maximum Gasteiger partial charge on any atom is 0.251 e. The number of aromatic nitrogens is 2. The Hall–Kier alpha value is -0.890. The summed E-state index contributed by atoms with van der Waals surface area (Å²) >= 11 is 1.29. The molecule has 1 unspecified atom stereocenters. The normalized spacial score (nSPS) is 12.6. The van der Waals surface area contributed by atoms with E-state index < -0.39 is 6.10 Å². The molecule has 0 saturated heterocycles. The van der Waals surface area contributed by atoms with Gasteiger partial charge in [0.2, 0.25) is 0 Å². The summed E-state index contributed by atoms with van der Waals surface area (Å²) in [7, 11) is 1.59. The van der Waals surface area contributed by atoms with Gasteiger partial charge >= 0.3 is 0 Å². The first-order chi connectivity index (χ1) is 8.61. The largest absolute Gasteiger partial charge is 0.390 e. The van der Waals surface area contributed by atoms with Crippen molar-refractivity contribution in [3.8, 4) is 0 Å². The van der Waals surface area contributed by atoms with E-state index in [4.69, 9.17) is 9.47 Å². The van der Waals surface area contributed by atoms with Gasteiger partial charge in [-0.25, -0.2) is 4.98 Å². The zero-order valence-electron chi connectivity index (χ0n) is 10.5. The third-order valence-electron chi connectivity index (χ3n) is 2.00. The quantitative estimate of drug-likeness (QED) is 0.400. The Kier molecular flexibility index (Phi) is 6.96. The maximum absolute atomic E-state index is 11.2. The number of hydrogen-bond acceptors (Lipinski definition) is 6. The Balaban J connectivity index is 2.29. The van der Waals surface area contributed by atoms with E-state index >= 15 is 0 Å². The molecule has 1 aromatic heterocycles. The number of methoxy groups -OCH3 is 1. The molecular formula is C11H18N2O4S. The second kappa shape index (κ2) is 8.25. The molecule has 0 bridgehead atoms. The van der Waals surface area contributed by atoms with Gasteiger partial charge in [0.05, 0.1) is 25.9 Å². The molecule has 1 heterocycles. The molecule has 0 aliphatic rings. The van der Waals surface area contributed by atoms with Crippen LogP contribution in [0.4, 0.5) is 0 Å². The average molecular weight is 274 g/mol. The van der Waals surface area contributed by atoms with Crippen LogP contribution in [0.5, 0.6) is 0 Å². The molecule has 1 atom stereocenters. The highest BCUT2D eigenvalue weighted by Gasteiger charge is 2.07. The van der Waals surface area contributed by atoms with E-state index in [1.54, 1.807) is 14.0 Å². The minimum Gasteiger partial charge on any atom is -0.390 e. The lowest BCUT2D eigenvalue weighted by Gasteiger charge is -2.10. The number of rotatable bonds is 8. The van der Waals surface area contributed by atoms with Gasteiger partial charge in [-0.05, 0) is 6.92 Å². The molecule has 0 aliphatic carbocycles. The van der Waals surface area contributed by atoms with Gasteiger partial charge in [-0.2, -0.15) is 0 Å². The van der Waals surface area contributed by atoms with Crippen molar-refractivity contribution in [2.24, 2.45) is 0 Å². The first-order valence-electron chi connectivity index (χ1n) is 5.57. The second-order valence-electron chi connectivity index (χ2n) is 3.72. The first-order valence-corrected chi connectivity index (χ1v) is 6.56. The molecule has 0 saturated carbocycles. The summed E-state index contributed by atoms with van der Waals surface area (Å²) in [5.41, 5.74) is 0.475. The van der Waals surface area contributed by atoms with Crippen molar-refractivity contribution in [1.29, 1.82) is 0 Å². The summed E-state index contributed by atoms with van der Waals surface area (Å²) in [6.07, 6.45) is -0.599. The molecule has 0 fully saturated rings. The smallest absolute Gasteiger partial charge is 0.251 e. The van der Waals surface area contributed by atoms with E-state index in [9.17, 15) is 9.90 Å². The molecule has 0 aromatic carbocycles. The minimum absolute atomic E-state index is 0.184. The first kappa shape index (κ1) is 15.2. The van der Waals surface area contributed by atoms with Crippen molar-refractivity contribution in [3.05, 3.63) is 22.1 Å². The number of ether oxygens (including phenoxy) is 2. The van der Waals surface area contributed by atoms with Crippen LogP contribution in [0, 0.1) is 6.92 Å². The lowest BCUT2D eigenvalue weighted by molar-refractivity contribution is 0.0218. The Morgan fingerprint density at radius 2 is 2.33 bits per heavy atom. The van der Waals surface area contributed by atoms with Gasteiger partial charge in [0.25, 0.3) is 5.56 Å². The number of aliphatic hydroxyl groups excluding tert-OH is 1. The Morgan fingerprint density at radius 3 is 3.00 bits per heavy atom. The third kappa shape index (κ3) is 6.15. The molecule has 1 rings (SSSR count). The van der Waals surface area contributed by atoms with Crippen LogP contribution in [0.2, 0.25) is 0 Å². The monoisotopic (exact) mass is 274 g/mol. The van der Waals surface area contributed by atoms with Gasteiger partial charge in [-0.3, -0.25) is 4.79 Å². The molecule has 0 spiro atoms. The van der Waals surface area contributed by atoms with Gasteiger partial charge in [-0.15, -0.1) is 0 Å². The SMILES string of the molecule is COCCOCC(O)CSc1nc(C)cc(=O)[nH]1. The van der Waals surface area contributed by atoms with Crippen LogP contribution in [0.15, 0.2) is 16.0 Å². The molecule has 6 nitrogen and oxygen atoms in total. The van der Waals surface area contributed by atoms with E-state index in [1.807, 2.05) is 0 Å². The van der Waals surface area contributed by atoms with Crippen LogP contribution in [-0.2, 0) is 9.47 Å². The second-order valence-corrected chi connectivity index (χ2v) is 4.73. The minimum atomic E-state index is -0.599. The zero-order chi connectivity index (χ0) is 13.4. The summed E-state index contributed by atoms with van der Waals surface area (Å²) in [6.45, 7) is 2.96. The molecule has 1 aromatic rings. The van der Waals surface area contributed by atoms with E-state index in [0.717, 1.165) is 0 Å². The van der Waals surface area contributed by atoms with Crippen LogP contribution >= 0.6 is 11.8 Å². The topological polar surface area (TPSA) is 84.4 Å². The highest BCUT2D eigenvalue weighted by Crippen LogP contribution is 2.12. The van der Waals surface area contributed by atoms with Crippen molar-refractivity contribution >= 4 is 11.8 Å². The van der Waals surface area contributed by atoms with Gasteiger partial charge in [-0.1, -0.05) is 11.8 Å². The lowest BCUT2D eigenvalue weighted by atomic mass is 10.4. The number of hydrogen-bond donors (Lipinski definition) is 2. The van der Waals surface area contributed by atoms with Gasteiger partial charge < -0.3 is 19.6 Å². The summed E-state index contributed by atoms with van der Waals surface area (Å²) < 4.78 is 10.0. The Labute approximate surface area is 110 Å². The number of aromatic amines is 1. The number of H-pyrrole nitrogens is 1. The van der Waals surface area contributed by atoms with Crippen molar-refractivity contribution in [2.75, 3.05) is 32.7 Å². The summed E-state index contributed by atoms with van der Waals surface area (Å²) in [5, 5.41) is 10.2. The van der Waals surface area contributed by atoms with Crippen LogP contribution in [0.25, 0.3) is 0 Å². The number of thioether (sulfide) groups is 1. The van der Waals surface area contributed by atoms with Crippen LogP contribution in [0.1, 0.15) is 5.69 Å². The average Bonchev–Trinajstić information content (AvgIpc) is 2.31. The summed E-state index contributed by atoms with van der Waals surface area (Å²) in [6, 6.07) is 1.42. The van der Waals surface area contributed by atoms with Crippen LogP contribution < -0.4 is 5.56 Å². The fourth-order valence-corrected chi connectivity index (χ4v) is 2.03. The number of nitrogens with zero attached hydrogens (tertiary/aromatic N) is 1. The van der Waals surface area contributed by atoms with Crippen molar-refractivity contribution in [1.82, 2.24) is 9.97 Å². The predicted molar refractivity (Wildman–Crippen MR) is 69.0 cm³/mol. The molecule has 2 N–H and O–H groups in total. The molecule has 0 amide bonds. The predicted octanol–water partition coefficient (Wildman–Crippen LogP) is 0.194. The van der Waals surface area contributed by atoms with Crippen molar-refractivity contribution in [3.63, 3.8) is 0 Å². The van der Waals surface area contributed by atoms with E-state index in [0.29, 0.717) is 29.8 Å². The number of nitrogens with one attached hydrogen (secondary N) is 1. The van der Waals surface area contributed by atoms with Crippen molar-refractivity contribution < 1.29 is 14.6 Å². The fourth-order valence-electron chi connectivity index (χ4n) is 1.20. The standard InChI is InChI=1S/C11H18N2O4S/c1-8-5-10(15)13-11(12-8)18-7-9(14)6-17-4-3-16-2/h5,9,14H,3-4,6-7H2,1-2H3,(H,12,13,15). The van der Waals surface area contributed by atoms with Crippen LogP contribution in [0.3, 0.4) is 0 Å². The Bertz CT molecular complexity index is 410. The highest BCUT2D eigenvalue weighted by atomic mass is 32.2. The van der Waals surface area contributed by atoms with Gasteiger partial charge in [0, 0.05) is 24.6 Å². The molecule has 7 heteroatoms. The third-order valence-corrected chi connectivity index (χ3v) is 3.02. The van der Waals surface area contributed by atoms with Crippen molar-refractivity contribution in [2.45, 2.75) is 18.2 Å². The Morgan fingerprint density at radius 1 is 1.56 bits per heavy atom.